The van der Waals surface area contributed by atoms with Crippen LogP contribution in [0.15, 0.2) is 28.8 Å². The molecule has 6 heteroatoms. The number of rotatable bonds is 6. The van der Waals surface area contributed by atoms with E-state index in [1.165, 1.54) is 19.3 Å². The van der Waals surface area contributed by atoms with Crippen LogP contribution in [0.25, 0.3) is 0 Å². The summed E-state index contributed by atoms with van der Waals surface area (Å²) < 4.78 is 17.6. The lowest BCUT2D eigenvalue weighted by Gasteiger charge is -2.17. The molecule has 1 heterocycles. The van der Waals surface area contributed by atoms with Gasteiger partial charge in [0.15, 0.2) is 5.82 Å². The summed E-state index contributed by atoms with van der Waals surface area (Å²) in [4.78, 5) is 4.44. The van der Waals surface area contributed by atoms with E-state index < -0.39 is 10.8 Å². The SMILES string of the molecule is O=S(Cc1ccc(CO)cc1)Cc1noc(C2CCCCC2)n1. The topological polar surface area (TPSA) is 76.2 Å². The molecule has 1 aliphatic carbocycles. The highest BCUT2D eigenvalue weighted by atomic mass is 32.2. The Labute approximate surface area is 138 Å². The third kappa shape index (κ3) is 4.48. The van der Waals surface area contributed by atoms with E-state index in [-0.39, 0.29) is 6.61 Å². The largest absolute Gasteiger partial charge is 0.392 e. The molecule has 1 aromatic carbocycles. The van der Waals surface area contributed by atoms with E-state index in [9.17, 15) is 4.21 Å². The standard InChI is InChI=1S/C17H22N2O3S/c20-10-13-6-8-14(9-7-13)11-23(21)12-16-18-17(22-19-16)15-4-2-1-3-5-15/h6-9,15,20H,1-5,10-12H2. The van der Waals surface area contributed by atoms with Gasteiger partial charge in [-0.3, -0.25) is 4.21 Å². The van der Waals surface area contributed by atoms with Gasteiger partial charge in [-0.15, -0.1) is 0 Å². The summed E-state index contributed by atoms with van der Waals surface area (Å²) in [6, 6.07) is 7.49. The molecule has 1 aromatic heterocycles. The molecule has 0 amide bonds. The van der Waals surface area contributed by atoms with Crippen molar-refractivity contribution in [3.8, 4) is 0 Å². The van der Waals surface area contributed by atoms with Crippen molar-refractivity contribution in [1.82, 2.24) is 10.1 Å². The molecule has 0 radical (unpaired) electrons. The van der Waals surface area contributed by atoms with Crippen LogP contribution in [0.3, 0.4) is 0 Å². The fourth-order valence-corrected chi connectivity index (χ4v) is 4.03. The first-order valence-corrected chi connectivity index (χ1v) is 9.59. The van der Waals surface area contributed by atoms with E-state index >= 15 is 0 Å². The summed E-state index contributed by atoms with van der Waals surface area (Å²) in [5, 5.41) is 13.0. The highest BCUT2D eigenvalue weighted by molar-refractivity contribution is 7.83. The fourth-order valence-electron chi connectivity index (χ4n) is 2.96. The maximum atomic E-state index is 12.3. The van der Waals surface area contributed by atoms with Crippen molar-refractivity contribution in [3.05, 3.63) is 47.1 Å². The van der Waals surface area contributed by atoms with E-state index in [0.29, 0.717) is 29.1 Å². The molecule has 1 atom stereocenters. The molecule has 124 valence electrons. The second-order valence-corrected chi connectivity index (χ2v) is 7.54. The molecule has 0 saturated heterocycles. The van der Waals surface area contributed by atoms with Gasteiger partial charge in [0.25, 0.3) is 0 Å². The fraction of sp³-hybridized carbons (Fsp3) is 0.529. The zero-order chi connectivity index (χ0) is 16.1. The third-order valence-electron chi connectivity index (χ3n) is 4.26. The van der Waals surface area contributed by atoms with Crippen molar-refractivity contribution < 1.29 is 13.8 Å². The van der Waals surface area contributed by atoms with Gasteiger partial charge in [-0.1, -0.05) is 48.7 Å². The lowest BCUT2D eigenvalue weighted by Crippen LogP contribution is -2.05. The van der Waals surface area contributed by atoms with Crippen LogP contribution < -0.4 is 0 Å². The van der Waals surface area contributed by atoms with E-state index in [4.69, 9.17) is 9.63 Å². The summed E-state index contributed by atoms with van der Waals surface area (Å²) in [7, 11) is -1.07. The first-order chi connectivity index (χ1) is 11.2. The van der Waals surface area contributed by atoms with Crippen LogP contribution in [0.2, 0.25) is 0 Å². The lowest BCUT2D eigenvalue weighted by atomic mass is 9.89. The van der Waals surface area contributed by atoms with Crippen molar-refractivity contribution in [2.24, 2.45) is 0 Å². The minimum absolute atomic E-state index is 0.0240. The second-order valence-electron chi connectivity index (χ2n) is 6.09. The van der Waals surface area contributed by atoms with Crippen LogP contribution in [-0.4, -0.2) is 19.5 Å². The van der Waals surface area contributed by atoms with Crippen molar-refractivity contribution >= 4 is 10.8 Å². The number of aromatic nitrogens is 2. The molecule has 5 nitrogen and oxygen atoms in total. The van der Waals surface area contributed by atoms with E-state index in [1.54, 1.807) is 0 Å². The van der Waals surface area contributed by atoms with Crippen LogP contribution in [0.1, 0.15) is 60.9 Å². The van der Waals surface area contributed by atoms with Gasteiger partial charge in [-0.25, -0.2) is 0 Å². The number of hydrogen-bond acceptors (Lipinski definition) is 5. The Hall–Kier alpha value is -1.53. The van der Waals surface area contributed by atoms with Gasteiger partial charge < -0.3 is 9.63 Å². The van der Waals surface area contributed by atoms with Gasteiger partial charge in [0.2, 0.25) is 5.89 Å². The smallest absolute Gasteiger partial charge is 0.229 e. The Morgan fingerprint density at radius 2 is 1.78 bits per heavy atom. The molecule has 1 aliphatic rings. The van der Waals surface area contributed by atoms with Crippen molar-refractivity contribution in [3.63, 3.8) is 0 Å². The maximum absolute atomic E-state index is 12.3. The summed E-state index contributed by atoms with van der Waals surface area (Å²) in [5.41, 5.74) is 1.84. The highest BCUT2D eigenvalue weighted by Crippen LogP contribution is 2.31. The van der Waals surface area contributed by atoms with Gasteiger partial charge >= 0.3 is 0 Å². The molecule has 0 bridgehead atoms. The highest BCUT2D eigenvalue weighted by Gasteiger charge is 2.22. The summed E-state index contributed by atoms with van der Waals surface area (Å²) in [6.07, 6.45) is 5.96. The van der Waals surface area contributed by atoms with Gasteiger partial charge in [-0.2, -0.15) is 4.98 Å². The number of nitrogens with zero attached hydrogens (tertiary/aromatic N) is 2. The molecule has 3 rings (SSSR count). The quantitative estimate of drug-likeness (QED) is 0.878. The van der Waals surface area contributed by atoms with Crippen LogP contribution in [0, 0.1) is 0 Å². The Morgan fingerprint density at radius 1 is 1.09 bits per heavy atom. The van der Waals surface area contributed by atoms with E-state index in [1.807, 2.05) is 24.3 Å². The van der Waals surface area contributed by atoms with E-state index in [2.05, 4.69) is 10.1 Å². The average Bonchev–Trinajstić information content (AvgIpc) is 3.04. The summed E-state index contributed by atoms with van der Waals surface area (Å²) in [6.45, 7) is 0.0240. The summed E-state index contributed by atoms with van der Waals surface area (Å²) >= 11 is 0. The van der Waals surface area contributed by atoms with E-state index in [0.717, 1.165) is 24.0 Å². The monoisotopic (exact) mass is 334 g/mol. The molecular formula is C17H22N2O3S. The molecule has 2 aromatic rings. The minimum Gasteiger partial charge on any atom is -0.392 e. The number of aliphatic hydroxyl groups is 1. The zero-order valence-electron chi connectivity index (χ0n) is 13.1. The predicted molar refractivity (Wildman–Crippen MR) is 88.0 cm³/mol. The molecule has 1 saturated carbocycles. The van der Waals surface area contributed by atoms with Crippen molar-refractivity contribution in [2.45, 2.75) is 56.1 Å². The first kappa shape index (κ1) is 16.3. The lowest BCUT2D eigenvalue weighted by molar-refractivity contribution is 0.282. The Bertz CT molecular complexity index is 648. The van der Waals surface area contributed by atoms with Gasteiger partial charge in [0.05, 0.1) is 12.4 Å². The van der Waals surface area contributed by atoms with Gasteiger partial charge in [0.1, 0.15) is 0 Å². The van der Waals surface area contributed by atoms with Crippen LogP contribution in [-0.2, 0) is 28.9 Å². The average molecular weight is 334 g/mol. The molecule has 0 spiro atoms. The minimum atomic E-state index is -1.07. The van der Waals surface area contributed by atoms with Gasteiger partial charge in [0, 0.05) is 22.5 Å². The number of hydrogen-bond donors (Lipinski definition) is 1. The van der Waals surface area contributed by atoms with Crippen molar-refractivity contribution in [2.75, 3.05) is 0 Å². The Balaban J connectivity index is 1.55. The number of aliphatic hydroxyl groups excluding tert-OH is 1. The van der Waals surface area contributed by atoms with Crippen LogP contribution in [0.5, 0.6) is 0 Å². The number of benzene rings is 1. The van der Waals surface area contributed by atoms with Gasteiger partial charge in [-0.05, 0) is 24.0 Å². The normalized spacial score (nSPS) is 17.3. The van der Waals surface area contributed by atoms with Crippen LogP contribution >= 0.6 is 0 Å². The molecule has 1 unspecified atom stereocenters. The molecular weight excluding hydrogens is 312 g/mol. The Kier molecular flexibility index (Phi) is 5.56. The third-order valence-corrected chi connectivity index (χ3v) is 5.50. The van der Waals surface area contributed by atoms with Crippen LogP contribution in [0.4, 0.5) is 0 Å². The molecule has 23 heavy (non-hydrogen) atoms. The Morgan fingerprint density at radius 3 is 2.48 bits per heavy atom. The maximum Gasteiger partial charge on any atom is 0.229 e. The molecule has 1 fully saturated rings. The molecule has 0 aliphatic heterocycles. The first-order valence-electron chi connectivity index (χ1n) is 8.10. The van der Waals surface area contributed by atoms with Crippen molar-refractivity contribution in [1.29, 1.82) is 0 Å². The second kappa shape index (κ2) is 7.84. The zero-order valence-corrected chi connectivity index (χ0v) is 13.9. The summed E-state index contributed by atoms with van der Waals surface area (Å²) in [5.74, 6) is 2.40. The predicted octanol–water partition coefficient (Wildman–Crippen LogP) is 3.06. The molecule has 1 N–H and O–H groups in total.